The highest BCUT2D eigenvalue weighted by atomic mass is 35.5. The molecule has 0 fully saturated rings. The lowest BCUT2D eigenvalue weighted by Crippen LogP contribution is -2.32. The van der Waals surface area contributed by atoms with E-state index in [0.29, 0.717) is 25.9 Å². The fourth-order valence-corrected chi connectivity index (χ4v) is 3.88. The Morgan fingerprint density at radius 3 is 2.26 bits per heavy atom. The first-order chi connectivity index (χ1) is 8.84. The summed E-state index contributed by atoms with van der Waals surface area (Å²) < 4.78 is 39.5. The van der Waals surface area contributed by atoms with Gasteiger partial charge in [0.15, 0.2) is 0 Å². The van der Waals surface area contributed by atoms with E-state index in [1.165, 1.54) is 4.31 Å². The van der Waals surface area contributed by atoms with Crippen LogP contribution in [0.5, 0.6) is 0 Å². The van der Waals surface area contributed by atoms with E-state index in [2.05, 4.69) is 0 Å². The summed E-state index contributed by atoms with van der Waals surface area (Å²) in [6, 6.07) is 2.01. The highest BCUT2D eigenvalue weighted by molar-refractivity contribution is 7.89. The molecule has 0 amide bonds. The normalized spacial score (nSPS) is 12.1. The van der Waals surface area contributed by atoms with Gasteiger partial charge in [0.25, 0.3) is 0 Å². The van der Waals surface area contributed by atoms with Gasteiger partial charge < -0.3 is 5.73 Å². The van der Waals surface area contributed by atoms with Crippen LogP contribution in [0.4, 0.5) is 10.1 Å². The van der Waals surface area contributed by atoms with Crippen molar-refractivity contribution in [2.45, 2.75) is 31.6 Å². The summed E-state index contributed by atoms with van der Waals surface area (Å²) in [5.74, 6) is -0.721. The molecule has 2 N–H and O–H groups in total. The van der Waals surface area contributed by atoms with Crippen LogP contribution in [0.3, 0.4) is 0 Å². The molecule has 0 unspecified atom stereocenters. The smallest absolute Gasteiger partial charge is 0.244 e. The van der Waals surface area contributed by atoms with E-state index >= 15 is 0 Å². The van der Waals surface area contributed by atoms with Crippen molar-refractivity contribution >= 4 is 27.3 Å². The van der Waals surface area contributed by atoms with Crippen molar-refractivity contribution in [3.63, 3.8) is 0 Å². The number of nitrogens with zero attached hydrogens (tertiary/aromatic N) is 1. The van der Waals surface area contributed by atoms with Crippen LogP contribution in [0, 0.1) is 5.82 Å². The molecule has 0 saturated heterocycles. The molecule has 0 heterocycles. The summed E-state index contributed by atoms with van der Waals surface area (Å²) in [6.07, 6.45) is 1.38. The zero-order valence-electron chi connectivity index (χ0n) is 11.0. The van der Waals surface area contributed by atoms with Crippen molar-refractivity contribution in [1.82, 2.24) is 4.31 Å². The molecular weight excluding hydrogens is 291 g/mol. The Bertz CT molecular complexity index is 543. The molecule has 1 aromatic rings. The Kier molecular flexibility index (Phi) is 5.58. The molecule has 0 aliphatic heterocycles. The SMILES string of the molecule is CCCN(CCC)S(=O)(=O)c1cc(N)c(F)cc1Cl. The van der Waals surface area contributed by atoms with Crippen molar-refractivity contribution in [3.8, 4) is 0 Å². The number of rotatable bonds is 6. The molecule has 108 valence electrons. The minimum absolute atomic E-state index is 0.144. The van der Waals surface area contributed by atoms with Gasteiger partial charge in [0.1, 0.15) is 10.7 Å². The van der Waals surface area contributed by atoms with Crippen LogP contribution in [0.15, 0.2) is 17.0 Å². The molecule has 4 nitrogen and oxygen atoms in total. The largest absolute Gasteiger partial charge is 0.396 e. The van der Waals surface area contributed by atoms with E-state index < -0.39 is 15.8 Å². The predicted molar refractivity (Wildman–Crippen MR) is 75.2 cm³/mol. The molecule has 0 aliphatic rings. The van der Waals surface area contributed by atoms with Gasteiger partial charge in [0.2, 0.25) is 10.0 Å². The standard InChI is InChI=1S/C12H18ClFN2O2S/c1-3-5-16(6-4-2)19(17,18)12-8-11(15)10(14)7-9(12)13/h7-8H,3-6,15H2,1-2H3. The molecule has 0 bridgehead atoms. The van der Waals surface area contributed by atoms with Crippen LogP contribution in [0.2, 0.25) is 5.02 Å². The number of nitrogen functional groups attached to an aromatic ring is 1. The number of hydrogen-bond donors (Lipinski definition) is 1. The summed E-state index contributed by atoms with van der Waals surface area (Å²) in [7, 11) is -3.74. The van der Waals surface area contributed by atoms with Gasteiger partial charge in [-0.3, -0.25) is 0 Å². The molecule has 0 radical (unpaired) electrons. The highest BCUT2D eigenvalue weighted by Gasteiger charge is 2.26. The van der Waals surface area contributed by atoms with Crippen LogP contribution in [-0.4, -0.2) is 25.8 Å². The van der Waals surface area contributed by atoms with E-state index in [1.54, 1.807) is 0 Å². The van der Waals surface area contributed by atoms with Crippen molar-refractivity contribution in [2.75, 3.05) is 18.8 Å². The maximum atomic E-state index is 13.2. The Morgan fingerprint density at radius 2 is 1.79 bits per heavy atom. The summed E-state index contributed by atoms with van der Waals surface area (Å²) in [4.78, 5) is -0.144. The molecule has 1 aromatic carbocycles. The van der Waals surface area contributed by atoms with E-state index in [0.717, 1.165) is 12.1 Å². The number of nitrogens with two attached hydrogens (primary N) is 1. The Labute approximate surface area is 118 Å². The second-order valence-corrected chi connectivity index (χ2v) is 6.52. The Hall–Kier alpha value is -0.850. The molecule has 19 heavy (non-hydrogen) atoms. The average Bonchev–Trinajstić information content (AvgIpc) is 2.33. The molecule has 0 atom stereocenters. The average molecular weight is 309 g/mol. The third-order valence-electron chi connectivity index (χ3n) is 2.62. The van der Waals surface area contributed by atoms with Gasteiger partial charge in [-0.25, -0.2) is 12.8 Å². The monoisotopic (exact) mass is 308 g/mol. The fraction of sp³-hybridized carbons (Fsp3) is 0.500. The third kappa shape index (κ3) is 3.58. The minimum atomic E-state index is -3.74. The van der Waals surface area contributed by atoms with Crippen molar-refractivity contribution in [1.29, 1.82) is 0 Å². The number of halogens is 2. The minimum Gasteiger partial charge on any atom is -0.396 e. The van der Waals surface area contributed by atoms with E-state index in [9.17, 15) is 12.8 Å². The van der Waals surface area contributed by atoms with Crippen LogP contribution < -0.4 is 5.73 Å². The summed E-state index contributed by atoms with van der Waals surface area (Å²) in [6.45, 7) is 4.56. The summed E-state index contributed by atoms with van der Waals surface area (Å²) in [5, 5.41) is -0.149. The van der Waals surface area contributed by atoms with Gasteiger partial charge in [-0.1, -0.05) is 25.4 Å². The molecule has 0 aliphatic carbocycles. The molecule has 0 saturated carbocycles. The van der Waals surface area contributed by atoms with Gasteiger partial charge in [-0.05, 0) is 25.0 Å². The highest BCUT2D eigenvalue weighted by Crippen LogP contribution is 2.28. The van der Waals surface area contributed by atoms with Crippen LogP contribution in [0.25, 0.3) is 0 Å². The maximum Gasteiger partial charge on any atom is 0.244 e. The summed E-state index contributed by atoms with van der Waals surface area (Å²) >= 11 is 5.83. The molecule has 0 spiro atoms. The fourth-order valence-electron chi connectivity index (χ4n) is 1.73. The van der Waals surface area contributed by atoms with Crippen molar-refractivity contribution in [2.24, 2.45) is 0 Å². The number of benzene rings is 1. The van der Waals surface area contributed by atoms with Gasteiger partial charge in [0, 0.05) is 13.1 Å². The predicted octanol–water partition coefficient (Wildman–Crippen LogP) is 2.87. The zero-order valence-corrected chi connectivity index (χ0v) is 12.6. The number of hydrogen-bond acceptors (Lipinski definition) is 3. The third-order valence-corrected chi connectivity index (χ3v) is 4.98. The number of sulfonamides is 1. The molecule has 0 aromatic heterocycles. The lowest BCUT2D eigenvalue weighted by Gasteiger charge is -2.21. The van der Waals surface area contributed by atoms with Gasteiger partial charge in [0.05, 0.1) is 10.7 Å². The first kappa shape index (κ1) is 16.2. The van der Waals surface area contributed by atoms with Gasteiger partial charge in [-0.15, -0.1) is 0 Å². The van der Waals surface area contributed by atoms with Gasteiger partial charge in [-0.2, -0.15) is 4.31 Å². The van der Waals surface area contributed by atoms with Crippen molar-refractivity contribution < 1.29 is 12.8 Å². The van der Waals surface area contributed by atoms with E-state index in [-0.39, 0.29) is 15.6 Å². The lowest BCUT2D eigenvalue weighted by molar-refractivity contribution is 0.410. The van der Waals surface area contributed by atoms with Gasteiger partial charge >= 0.3 is 0 Å². The lowest BCUT2D eigenvalue weighted by atomic mass is 10.3. The second kappa shape index (κ2) is 6.54. The molecule has 7 heteroatoms. The number of anilines is 1. The van der Waals surface area contributed by atoms with E-state index in [4.69, 9.17) is 17.3 Å². The van der Waals surface area contributed by atoms with Crippen LogP contribution >= 0.6 is 11.6 Å². The molecular formula is C12H18ClFN2O2S. The Balaban J connectivity index is 3.28. The topological polar surface area (TPSA) is 63.4 Å². The second-order valence-electron chi connectivity index (χ2n) is 4.21. The Morgan fingerprint density at radius 1 is 1.26 bits per heavy atom. The molecule has 1 rings (SSSR count). The zero-order chi connectivity index (χ0) is 14.6. The first-order valence-electron chi connectivity index (χ1n) is 6.09. The van der Waals surface area contributed by atoms with E-state index in [1.807, 2.05) is 13.8 Å². The van der Waals surface area contributed by atoms with Crippen LogP contribution in [-0.2, 0) is 10.0 Å². The van der Waals surface area contributed by atoms with Crippen LogP contribution in [0.1, 0.15) is 26.7 Å². The van der Waals surface area contributed by atoms with Crippen molar-refractivity contribution in [3.05, 3.63) is 23.0 Å². The quantitative estimate of drug-likeness (QED) is 0.822. The summed E-state index contributed by atoms with van der Waals surface area (Å²) in [5.41, 5.74) is 5.19. The maximum absolute atomic E-state index is 13.2. The first-order valence-corrected chi connectivity index (χ1v) is 7.91.